The molecule has 0 aromatic heterocycles. The second-order valence-corrected chi connectivity index (χ2v) is 13.1. The average molecular weight is 449 g/mol. The van der Waals surface area contributed by atoms with Gasteiger partial charge in [-0.25, -0.2) is 0 Å². The minimum absolute atomic E-state index is 1.33. The number of aryl methyl sites for hydroxylation is 1. The van der Waals surface area contributed by atoms with Gasteiger partial charge in [0.05, 0.1) is 0 Å². The van der Waals surface area contributed by atoms with E-state index in [0.29, 0.717) is 0 Å². The summed E-state index contributed by atoms with van der Waals surface area (Å²) in [5, 5.41) is 11.3. The minimum atomic E-state index is -2.42. The molecule has 1 heterocycles. The van der Waals surface area contributed by atoms with Crippen molar-refractivity contribution in [2.75, 3.05) is 0 Å². The van der Waals surface area contributed by atoms with E-state index in [0.717, 1.165) is 0 Å². The van der Waals surface area contributed by atoms with Gasteiger partial charge in [-0.15, -0.1) is 0 Å². The van der Waals surface area contributed by atoms with Gasteiger partial charge in [-0.05, 0) is 72.0 Å². The first-order chi connectivity index (χ1) is 16.8. The third-order valence-corrected chi connectivity index (χ3v) is 12.5. The van der Waals surface area contributed by atoms with Crippen LogP contribution in [0.3, 0.4) is 0 Å². The highest BCUT2D eigenvalue weighted by Crippen LogP contribution is 2.35. The van der Waals surface area contributed by atoms with Crippen LogP contribution in [0.2, 0.25) is 0 Å². The summed E-state index contributed by atoms with van der Waals surface area (Å²) < 4.78 is 0. The summed E-state index contributed by atoms with van der Waals surface area (Å²) in [4.78, 5) is 0. The molecule has 0 N–H and O–H groups in total. The lowest BCUT2D eigenvalue weighted by Crippen LogP contribution is -2.72. The van der Waals surface area contributed by atoms with Crippen LogP contribution in [0.4, 0.5) is 0 Å². The first-order valence-corrected chi connectivity index (χ1v) is 14.0. The molecule has 1 aliphatic heterocycles. The maximum Gasteiger partial charge on any atom is 0.180 e. The Labute approximate surface area is 201 Å². The fourth-order valence-electron chi connectivity index (χ4n) is 6.19. The van der Waals surface area contributed by atoms with E-state index in [1.165, 1.54) is 59.0 Å². The summed E-state index contributed by atoms with van der Waals surface area (Å²) in [5.74, 6) is 0. The summed E-state index contributed by atoms with van der Waals surface area (Å²) in [6.07, 6.45) is 0. The molecule has 0 bridgehead atoms. The highest BCUT2D eigenvalue weighted by Gasteiger charge is 2.48. The monoisotopic (exact) mass is 448 g/mol. The van der Waals surface area contributed by atoms with Crippen LogP contribution in [0.1, 0.15) is 5.56 Å². The highest BCUT2D eigenvalue weighted by atomic mass is 28.3. The SMILES string of the molecule is Cc1cccc2c1ccc1cc3c(cc12)-c1ccccc1[Si]3(c1ccccc1)c1ccccc1. The second-order valence-electron chi connectivity index (χ2n) is 9.38. The van der Waals surface area contributed by atoms with Crippen molar-refractivity contribution in [3.63, 3.8) is 0 Å². The van der Waals surface area contributed by atoms with Crippen molar-refractivity contribution in [3.8, 4) is 11.1 Å². The van der Waals surface area contributed by atoms with Gasteiger partial charge in [-0.2, -0.15) is 0 Å². The Balaban J connectivity index is 1.68. The Morgan fingerprint density at radius 1 is 0.441 bits per heavy atom. The van der Waals surface area contributed by atoms with Gasteiger partial charge in [0.25, 0.3) is 0 Å². The third kappa shape index (κ3) is 2.53. The summed E-state index contributed by atoms with van der Waals surface area (Å²) in [5.41, 5.74) is 4.12. The zero-order chi connectivity index (χ0) is 22.7. The van der Waals surface area contributed by atoms with Crippen LogP contribution in [0.25, 0.3) is 32.7 Å². The van der Waals surface area contributed by atoms with Crippen molar-refractivity contribution < 1.29 is 0 Å². The lowest BCUT2D eigenvalue weighted by molar-refractivity contribution is 1.54. The fourth-order valence-corrected chi connectivity index (χ4v) is 11.4. The van der Waals surface area contributed by atoms with E-state index >= 15 is 0 Å². The van der Waals surface area contributed by atoms with Gasteiger partial charge < -0.3 is 0 Å². The van der Waals surface area contributed by atoms with Gasteiger partial charge >= 0.3 is 0 Å². The number of hydrogen-bond donors (Lipinski definition) is 0. The Bertz CT molecular complexity index is 1660. The van der Waals surface area contributed by atoms with Gasteiger partial charge in [-0.3, -0.25) is 0 Å². The molecule has 1 heteroatoms. The molecule has 6 aromatic rings. The molecule has 0 amide bonds. The topological polar surface area (TPSA) is 0 Å². The zero-order valence-corrected chi connectivity index (χ0v) is 20.1. The average Bonchev–Trinajstić information content (AvgIpc) is 3.19. The lowest BCUT2D eigenvalue weighted by Gasteiger charge is -2.31. The number of rotatable bonds is 2. The van der Waals surface area contributed by atoms with Crippen molar-refractivity contribution in [3.05, 3.63) is 133 Å². The van der Waals surface area contributed by atoms with Crippen LogP contribution in [0.15, 0.2) is 127 Å². The van der Waals surface area contributed by atoms with Crippen LogP contribution >= 0.6 is 0 Å². The molecular weight excluding hydrogens is 424 g/mol. The van der Waals surface area contributed by atoms with E-state index in [2.05, 4.69) is 134 Å². The van der Waals surface area contributed by atoms with Crippen molar-refractivity contribution in [1.29, 1.82) is 0 Å². The van der Waals surface area contributed by atoms with Crippen molar-refractivity contribution in [1.82, 2.24) is 0 Å². The summed E-state index contributed by atoms with van der Waals surface area (Å²) in [7, 11) is -2.42. The van der Waals surface area contributed by atoms with E-state index in [-0.39, 0.29) is 0 Å². The van der Waals surface area contributed by atoms with E-state index in [4.69, 9.17) is 0 Å². The van der Waals surface area contributed by atoms with Gasteiger partial charge in [-0.1, -0.05) is 121 Å². The Hall–Kier alpha value is -3.94. The lowest BCUT2D eigenvalue weighted by atomic mass is 9.95. The predicted molar refractivity (Wildman–Crippen MR) is 149 cm³/mol. The third-order valence-electron chi connectivity index (χ3n) is 7.67. The van der Waals surface area contributed by atoms with Gasteiger partial charge in [0, 0.05) is 0 Å². The first-order valence-electron chi connectivity index (χ1n) is 12.0. The predicted octanol–water partition coefficient (Wildman–Crippen LogP) is 5.66. The molecule has 34 heavy (non-hydrogen) atoms. The standard InChI is InChI=1S/C33H24Si/c1-23-11-10-17-28-27(23)20-19-24-21-33-31(22-30(24)28)29-16-8-9-18-32(29)34(33,25-12-4-2-5-13-25)26-14-6-3-7-15-26/h2-22H,1H3. The molecule has 0 unspecified atom stereocenters. The molecule has 0 spiro atoms. The summed E-state index contributed by atoms with van der Waals surface area (Å²) >= 11 is 0. The molecule has 1 aliphatic rings. The van der Waals surface area contributed by atoms with Crippen LogP contribution in [-0.4, -0.2) is 8.07 Å². The second kappa shape index (κ2) is 7.28. The van der Waals surface area contributed by atoms with Crippen LogP contribution in [0.5, 0.6) is 0 Å². The van der Waals surface area contributed by atoms with Gasteiger partial charge in [0.1, 0.15) is 0 Å². The van der Waals surface area contributed by atoms with Crippen molar-refractivity contribution >= 4 is 50.4 Å². The van der Waals surface area contributed by atoms with Crippen molar-refractivity contribution in [2.24, 2.45) is 0 Å². The number of benzene rings is 6. The molecule has 0 aliphatic carbocycles. The molecule has 0 saturated carbocycles. The van der Waals surface area contributed by atoms with Gasteiger partial charge in [0.2, 0.25) is 0 Å². The zero-order valence-electron chi connectivity index (χ0n) is 19.1. The molecule has 7 rings (SSSR count). The Morgan fingerprint density at radius 3 is 1.85 bits per heavy atom. The van der Waals surface area contributed by atoms with Crippen LogP contribution < -0.4 is 20.7 Å². The fraction of sp³-hybridized carbons (Fsp3) is 0.0303. The molecule has 0 radical (unpaired) electrons. The normalized spacial score (nSPS) is 13.7. The maximum atomic E-state index is 2.51. The smallest absolute Gasteiger partial charge is 0.0623 e. The molecule has 0 saturated heterocycles. The molecule has 6 aromatic carbocycles. The quantitative estimate of drug-likeness (QED) is 0.236. The largest absolute Gasteiger partial charge is 0.180 e. The van der Waals surface area contributed by atoms with E-state index in [1.807, 2.05) is 0 Å². The van der Waals surface area contributed by atoms with E-state index < -0.39 is 8.07 Å². The maximum absolute atomic E-state index is 2.51. The summed E-state index contributed by atoms with van der Waals surface area (Å²) in [6.45, 7) is 2.21. The summed E-state index contributed by atoms with van der Waals surface area (Å²) in [6, 6.07) is 47.9. The van der Waals surface area contributed by atoms with Crippen molar-refractivity contribution in [2.45, 2.75) is 6.92 Å². The van der Waals surface area contributed by atoms with E-state index in [1.54, 1.807) is 0 Å². The number of fused-ring (bicyclic) bond motifs is 6. The van der Waals surface area contributed by atoms with Crippen LogP contribution in [-0.2, 0) is 0 Å². The Kier molecular flexibility index (Phi) is 4.18. The Morgan fingerprint density at radius 2 is 1.12 bits per heavy atom. The first kappa shape index (κ1) is 19.5. The number of hydrogen-bond acceptors (Lipinski definition) is 0. The molecule has 0 fully saturated rings. The van der Waals surface area contributed by atoms with Crippen LogP contribution in [0, 0.1) is 6.92 Å². The van der Waals surface area contributed by atoms with E-state index in [9.17, 15) is 0 Å². The molecule has 0 atom stereocenters. The molecular formula is C33H24Si. The van der Waals surface area contributed by atoms with Gasteiger partial charge in [0.15, 0.2) is 8.07 Å². The molecule has 160 valence electrons. The molecule has 0 nitrogen and oxygen atoms in total. The highest BCUT2D eigenvalue weighted by molar-refractivity contribution is 7.22. The minimum Gasteiger partial charge on any atom is -0.0623 e.